The molecule has 1 saturated carbocycles. The first-order valence-electron chi connectivity index (χ1n) is 13.3. The molecule has 1 heterocycles. The van der Waals surface area contributed by atoms with E-state index in [0.717, 1.165) is 12.8 Å². The van der Waals surface area contributed by atoms with Crippen molar-refractivity contribution in [3.63, 3.8) is 0 Å². The molecule has 4 rings (SSSR count). The number of carboxylic acids is 1. The van der Waals surface area contributed by atoms with Gasteiger partial charge in [0.05, 0.1) is 17.6 Å². The van der Waals surface area contributed by atoms with Crippen LogP contribution < -0.4 is 10.1 Å². The molecule has 1 saturated heterocycles. The number of ketones is 1. The molecule has 204 valence electrons. The van der Waals surface area contributed by atoms with Crippen molar-refractivity contribution in [2.75, 3.05) is 19.6 Å². The van der Waals surface area contributed by atoms with E-state index in [4.69, 9.17) is 21.4 Å². The van der Waals surface area contributed by atoms with Crippen LogP contribution in [-0.2, 0) is 4.79 Å². The number of ether oxygens (including phenoxy) is 1. The lowest BCUT2D eigenvalue weighted by Crippen LogP contribution is -2.44. The van der Waals surface area contributed by atoms with Crippen LogP contribution in [0.25, 0.3) is 0 Å². The first-order valence-corrected chi connectivity index (χ1v) is 13.7. The summed E-state index contributed by atoms with van der Waals surface area (Å²) in [6, 6.07) is 11.9. The van der Waals surface area contributed by atoms with Gasteiger partial charge in [0.1, 0.15) is 11.6 Å². The highest BCUT2D eigenvalue weighted by Gasteiger charge is 2.27. The van der Waals surface area contributed by atoms with Gasteiger partial charge < -0.3 is 20.1 Å². The highest BCUT2D eigenvalue weighted by molar-refractivity contribution is 6.30. The third kappa shape index (κ3) is 7.47. The lowest BCUT2D eigenvalue weighted by molar-refractivity contribution is -0.143. The van der Waals surface area contributed by atoms with Crippen LogP contribution in [0.3, 0.4) is 0 Å². The molecule has 2 amide bonds. The summed E-state index contributed by atoms with van der Waals surface area (Å²) in [7, 11) is 0. The van der Waals surface area contributed by atoms with E-state index in [1.165, 1.54) is 17.7 Å². The Hall–Kier alpha value is -3.13. The summed E-state index contributed by atoms with van der Waals surface area (Å²) in [5.41, 5.74) is 1.24. The normalized spacial score (nSPS) is 20.1. The van der Waals surface area contributed by atoms with Crippen LogP contribution in [0.15, 0.2) is 42.5 Å². The second kappa shape index (κ2) is 13.1. The Bertz CT molecular complexity index is 1130. The molecule has 7 nitrogen and oxygen atoms in total. The number of carbonyl (C=O) groups excluding carboxylic acids is 2. The van der Waals surface area contributed by atoms with Crippen molar-refractivity contribution in [3.05, 3.63) is 64.4 Å². The Kier molecular flexibility index (Phi) is 9.61. The Morgan fingerprint density at radius 1 is 1.00 bits per heavy atom. The maximum atomic E-state index is 14.6. The molecule has 38 heavy (non-hydrogen) atoms. The van der Waals surface area contributed by atoms with Gasteiger partial charge in [0.2, 0.25) is 0 Å². The SMILES string of the molecule is O=C(CCCNC(=O)N1CCC(c2ccc(Cl)cc2)CC1)c1ccc(OC2CCC(C(=O)O)CC2)cc1F. The van der Waals surface area contributed by atoms with E-state index in [2.05, 4.69) is 5.32 Å². The molecule has 0 bridgehead atoms. The molecule has 9 heteroatoms. The standard InChI is InChI=1S/C29H34ClFN2O5/c30-22-7-3-19(4-8-22)20-13-16-33(17-14-20)29(37)32-15-1-2-27(34)25-12-11-24(18-26(25)31)38-23-9-5-21(6-10-23)28(35)36/h3-4,7-8,11-12,18,20-21,23H,1-2,5-6,9-10,13-17H2,(H,32,37)(H,35,36). The minimum Gasteiger partial charge on any atom is -0.490 e. The van der Waals surface area contributed by atoms with Crippen LogP contribution in [-0.4, -0.2) is 53.5 Å². The molecular weight excluding hydrogens is 511 g/mol. The minimum atomic E-state index is -0.785. The average molecular weight is 545 g/mol. The van der Waals surface area contributed by atoms with Gasteiger partial charge in [-0.1, -0.05) is 23.7 Å². The number of carbonyl (C=O) groups is 3. The molecule has 0 aromatic heterocycles. The molecule has 1 aliphatic carbocycles. The van der Waals surface area contributed by atoms with Gasteiger partial charge in [-0.15, -0.1) is 0 Å². The third-order valence-corrected chi connectivity index (χ3v) is 7.80. The third-order valence-electron chi connectivity index (χ3n) is 7.55. The summed E-state index contributed by atoms with van der Waals surface area (Å²) in [6.07, 6.45) is 4.43. The lowest BCUT2D eigenvalue weighted by atomic mass is 9.87. The zero-order chi connectivity index (χ0) is 27.1. The second-order valence-corrected chi connectivity index (χ2v) is 10.6. The number of hydrogen-bond acceptors (Lipinski definition) is 4. The molecule has 2 aromatic rings. The number of likely N-dealkylation sites (tertiary alicyclic amines) is 1. The molecule has 1 aliphatic heterocycles. The summed E-state index contributed by atoms with van der Waals surface area (Å²) in [6.45, 7) is 1.67. The number of piperidine rings is 1. The molecule has 0 radical (unpaired) electrons. The van der Waals surface area contributed by atoms with Crippen LogP contribution in [0.4, 0.5) is 9.18 Å². The van der Waals surface area contributed by atoms with Gasteiger partial charge in [-0.2, -0.15) is 0 Å². The summed E-state index contributed by atoms with van der Waals surface area (Å²) < 4.78 is 20.4. The number of carboxylic acid groups (broad SMARTS) is 1. The topological polar surface area (TPSA) is 95.9 Å². The number of nitrogens with one attached hydrogen (secondary N) is 1. The van der Waals surface area contributed by atoms with Crippen LogP contribution >= 0.6 is 11.6 Å². The molecule has 2 aromatic carbocycles. The zero-order valence-corrected chi connectivity index (χ0v) is 22.1. The van der Waals surface area contributed by atoms with Crippen molar-refractivity contribution in [1.29, 1.82) is 0 Å². The van der Waals surface area contributed by atoms with E-state index in [1.54, 1.807) is 11.0 Å². The fourth-order valence-corrected chi connectivity index (χ4v) is 5.38. The van der Waals surface area contributed by atoms with Gasteiger partial charge >= 0.3 is 12.0 Å². The van der Waals surface area contributed by atoms with Crippen LogP contribution in [0.5, 0.6) is 5.75 Å². The van der Waals surface area contributed by atoms with Crippen molar-refractivity contribution in [2.45, 2.75) is 63.4 Å². The quantitative estimate of drug-likeness (QED) is 0.296. The number of urea groups is 1. The summed E-state index contributed by atoms with van der Waals surface area (Å²) in [5.74, 6) is -1.35. The number of benzene rings is 2. The van der Waals surface area contributed by atoms with E-state index < -0.39 is 11.8 Å². The molecule has 2 fully saturated rings. The van der Waals surface area contributed by atoms with Crippen molar-refractivity contribution < 1.29 is 28.6 Å². The summed E-state index contributed by atoms with van der Waals surface area (Å²) >= 11 is 5.97. The fraction of sp³-hybridized carbons (Fsp3) is 0.483. The minimum absolute atomic E-state index is 0.00235. The van der Waals surface area contributed by atoms with Gasteiger partial charge in [0, 0.05) is 37.1 Å². The van der Waals surface area contributed by atoms with E-state index in [9.17, 15) is 18.8 Å². The Labute approximate surface area is 227 Å². The van der Waals surface area contributed by atoms with Gasteiger partial charge in [-0.3, -0.25) is 9.59 Å². The van der Waals surface area contributed by atoms with Gasteiger partial charge in [0.15, 0.2) is 5.78 Å². The molecule has 2 aliphatic rings. The maximum Gasteiger partial charge on any atom is 0.317 e. The number of Topliss-reactive ketones (excluding diaryl/α,β-unsaturated/α-hetero) is 1. The second-order valence-electron chi connectivity index (χ2n) is 10.1. The van der Waals surface area contributed by atoms with Gasteiger partial charge in [-0.25, -0.2) is 9.18 Å². The smallest absolute Gasteiger partial charge is 0.317 e. The number of rotatable bonds is 9. The van der Waals surface area contributed by atoms with Crippen molar-refractivity contribution >= 4 is 29.4 Å². The monoisotopic (exact) mass is 544 g/mol. The van der Waals surface area contributed by atoms with E-state index >= 15 is 0 Å². The number of hydrogen-bond donors (Lipinski definition) is 2. The molecule has 0 spiro atoms. The average Bonchev–Trinajstić information content (AvgIpc) is 2.92. The van der Waals surface area contributed by atoms with E-state index in [-0.39, 0.29) is 35.8 Å². The summed E-state index contributed by atoms with van der Waals surface area (Å²) in [4.78, 5) is 37.9. The first-order chi connectivity index (χ1) is 18.3. The Morgan fingerprint density at radius 3 is 2.32 bits per heavy atom. The molecule has 0 atom stereocenters. The number of amides is 2. The number of aliphatic carboxylic acids is 1. The highest BCUT2D eigenvalue weighted by Crippen LogP contribution is 2.30. The van der Waals surface area contributed by atoms with E-state index in [1.807, 2.05) is 24.3 Å². The van der Waals surface area contributed by atoms with E-state index in [0.29, 0.717) is 68.4 Å². The predicted octanol–water partition coefficient (Wildman–Crippen LogP) is 6.05. The van der Waals surface area contributed by atoms with Gasteiger partial charge in [-0.05, 0) is 80.7 Å². The fourth-order valence-electron chi connectivity index (χ4n) is 5.26. The molecular formula is C29H34ClFN2O5. The van der Waals surface area contributed by atoms with Crippen molar-refractivity contribution in [1.82, 2.24) is 10.2 Å². The number of halogens is 2. The summed E-state index contributed by atoms with van der Waals surface area (Å²) in [5, 5.41) is 12.7. The Morgan fingerprint density at radius 2 is 1.68 bits per heavy atom. The zero-order valence-electron chi connectivity index (χ0n) is 21.3. The Balaban J connectivity index is 1.15. The maximum absolute atomic E-state index is 14.6. The van der Waals surface area contributed by atoms with Crippen molar-refractivity contribution in [2.24, 2.45) is 5.92 Å². The highest BCUT2D eigenvalue weighted by atomic mass is 35.5. The van der Waals surface area contributed by atoms with Crippen molar-refractivity contribution in [3.8, 4) is 5.75 Å². The molecule has 2 N–H and O–H groups in total. The number of nitrogens with zero attached hydrogens (tertiary/aromatic N) is 1. The largest absolute Gasteiger partial charge is 0.490 e. The molecule has 0 unspecified atom stereocenters. The predicted molar refractivity (Wildman–Crippen MR) is 142 cm³/mol. The first kappa shape index (κ1) is 27.9. The van der Waals surface area contributed by atoms with Crippen LogP contribution in [0.2, 0.25) is 5.02 Å². The van der Waals surface area contributed by atoms with Gasteiger partial charge in [0.25, 0.3) is 0 Å². The van der Waals surface area contributed by atoms with Crippen LogP contribution in [0, 0.1) is 11.7 Å². The lowest BCUT2D eigenvalue weighted by Gasteiger charge is -2.32. The van der Waals surface area contributed by atoms with Crippen LogP contribution in [0.1, 0.15) is 73.2 Å².